The van der Waals surface area contributed by atoms with E-state index in [1.807, 2.05) is 20.0 Å². The van der Waals surface area contributed by atoms with E-state index in [0.29, 0.717) is 12.6 Å². The summed E-state index contributed by atoms with van der Waals surface area (Å²) in [5, 5.41) is 4.13. The molecule has 1 aliphatic rings. The largest absolute Gasteiger partial charge is 0.378 e. The molecular weight excluding hydrogens is 242 g/mol. The van der Waals surface area contributed by atoms with E-state index in [-0.39, 0.29) is 5.91 Å². The zero-order valence-corrected chi connectivity index (χ0v) is 11.8. The van der Waals surface area contributed by atoms with Crippen LogP contribution in [0.15, 0.2) is 12.3 Å². The number of amides is 1. The molecule has 0 bridgehead atoms. The van der Waals surface area contributed by atoms with Crippen molar-refractivity contribution in [1.82, 2.24) is 14.7 Å². The molecule has 5 nitrogen and oxygen atoms in total. The van der Waals surface area contributed by atoms with Crippen LogP contribution in [0.25, 0.3) is 0 Å². The molecule has 5 heteroatoms. The number of aromatic nitrogens is 2. The van der Waals surface area contributed by atoms with Crippen LogP contribution in [0, 0.1) is 6.92 Å². The molecule has 106 valence electrons. The standard InChI is InChI=1S/C14H23N3O2/c1-12-6-8-15-17(12)11-14(18)16(2)9-7-13-5-3-4-10-19-13/h6,8,13H,3-5,7,9-11H2,1-2H3/t13-/m0/s1. The summed E-state index contributed by atoms with van der Waals surface area (Å²) in [7, 11) is 1.85. The Labute approximate surface area is 114 Å². The van der Waals surface area contributed by atoms with Gasteiger partial charge in [-0.3, -0.25) is 9.48 Å². The minimum atomic E-state index is 0.0996. The zero-order chi connectivity index (χ0) is 13.7. The molecule has 1 aromatic heterocycles. The highest BCUT2D eigenvalue weighted by Crippen LogP contribution is 2.15. The lowest BCUT2D eigenvalue weighted by Gasteiger charge is -2.25. The highest BCUT2D eigenvalue weighted by Gasteiger charge is 2.16. The van der Waals surface area contributed by atoms with Crippen LogP contribution in [0.3, 0.4) is 0 Å². The Kier molecular flexibility index (Phi) is 4.96. The van der Waals surface area contributed by atoms with Crippen molar-refractivity contribution in [3.8, 4) is 0 Å². The van der Waals surface area contributed by atoms with Gasteiger partial charge in [0.1, 0.15) is 6.54 Å². The molecule has 1 fully saturated rings. The van der Waals surface area contributed by atoms with Crippen LogP contribution >= 0.6 is 0 Å². The van der Waals surface area contributed by atoms with Crippen LogP contribution in [0.1, 0.15) is 31.4 Å². The van der Waals surface area contributed by atoms with E-state index in [1.54, 1.807) is 15.8 Å². The van der Waals surface area contributed by atoms with E-state index in [0.717, 1.165) is 31.7 Å². The summed E-state index contributed by atoms with van der Waals surface area (Å²) in [6.07, 6.45) is 6.52. The van der Waals surface area contributed by atoms with E-state index < -0.39 is 0 Å². The van der Waals surface area contributed by atoms with Crippen LogP contribution in [-0.4, -0.2) is 46.9 Å². The quantitative estimate of drug-likeness (QED) is 0.812. The highest BCUT2D eigenvalue weighted by molar-refractivity contribution is 5.75. The van der Waals surface area contributed by atoms with Gasteiger partial charge in [-0.2, -0.15) is 5.10 Å². The maximum atomic E-state index is 12.1. The van der Waals surface area contributed by atoms with Crippen LogP contribution in [0.4, 0.5) is 0 Å². The summed E-state index contributed by atoms with van der Waals surface area (Å²) >= 11 is 0. The van der Waals surface area contributed by atoms with Gasteiger partial charge < -0.3 is 9.64 Å². The lowest BCUT2D eigenvalue weighted by atomic mass is 10.1. The molecule has 0 aliphatic carbocycles. The lowest BCUT2D eigenvalue weighted by molar-refractivity contribution is -0.131. The van der Waals surface area contributed by atoms with Crippen LogP contribution in [-0.2, 0) is 16.1 Å². The van der Waals surface area contributed by atoms with E-state index >= 15 is 0 Å². The number of rotatable bonds is 5. The van der Waals surface area contributed by atoms with E-state index in [2.05, 4.69) is 5.10 Å². The molecular formula is C14H23N3O2. The minimum Gasteiger partial charge on any atom is -0.378 e. The van der Waals surface area contributed by atoms with Crippen molar-refractivity contribution in [3.63, 3.8) is 0 Å². The molecule has 1 amide bonds. The fourth-order valence-electron chi connectivity index (χ4n) is 2.31. The first-order chi connectivity index (χ1) is 9.16. The molecule has 1 atom stereocenters. The molecule has 1 aliphatic heterocycles. The van der Waals surface area contributed by atoms with Gasteiger partial charge in [0.2, 0.25) is 5.91 Å². The smallest absolute Gasteiger partial charge is 0.244 e. The van der Waals surface area contributed by atoms with Crippen molar-refractivity contribution >= 4 is 5.91 Å². The molecule has 0 N–H and O–H groups in total. The molecule has 0 saturated carbocycles. The molecule has 2 rings (SSSR count). The summed E-state index contributed by atoms with van der Waals surface area (Å²) in [5.74, 6) is 0.0996. The predicted molar refractivity (Wildman–Crippen MR) is 72.8 cm³/mol. The first-order valence-electron chi connectivity index (χ1n) is 7.01. The van der Waals surface area contributed by atoms with Crippen molar-refractivity contribution in [3.05, 3.63) is 18.0 Å². The van der Waals surface area contributed by atoms with Crippen molar-refractivity contribution in [2.45, 2.75) is 45.3 Å². The number of aryl methyl sites for hydroxylation is 1. The van der Waals surface area contributed by atoms with Gasteiger partial charge in [-0.25, -0.2) is 0 Å². The lowest BCUT2D eigenvalue weighted by Crippen LogP contribution is -2.34. The average Bonchev–Trinajstić information content (AvgIpc) is 2.82. The monoisotopic (exact) mass is 265 g/mol. The maximum absolute atomic E-state index is 12.1. The summed E-state index contributed by atoms with van der Waals surface area (Å²) in [5.41, 5.74) is 1.01. The Morgan fingerprint density at radius 3 is 3.05 bits per heavy atom. The van der Waals surface area contributed by atoms with Crippen molar-refractivity contribution in [2.24, 2.45) is 0 Å². The maximum Gasteiger partial charge on any atom is 0.244 e. The normalized spacial score (nSPS) is 19.4. The molecule has 0 unspecified atom stereocenters. The second kappa shape index (κ2) is 6.70. The third-order valence-electron chi connectivity index (χ3n) is 3.70. The summed E-state index contributed by atoms with van der Waals surface area (Å²) in [6, 6.07) is 1.91. The van der Waals surface area contributed by atoms with Gasteiger partial charge >= 0.3 is 0 Å². The topological polar surface area (TPSA) is 47.4 Å². The Balaban J connectivity index is 1.74. The van der Waals surface area contributed by atoms with Crippen LogP contribution in [0.5, 0.6) is 0 Å². The average molecular weight is 265 g/mol. The molecule has 0 radical (unpaired) electrons. The number of carbonyl (C=O) groups excluding carboxylic acids is 1. The Hall–Kier alpha value is -1.36. The number of hydrogen-bond donors (Lipinski definition) is 0. The number of hydrogen-bond acceptors (Lipinski definition) is 3. The first-order valence-corrected chi connectivity index (χ1v) is 7.01. The number of likely N-dealkylation sites (N-methyl/N-ethyl adjacent to an activating group) is 1. The molecule has 19 heavy (non-hydrogen) atoms. The Bertz CT molecular complexity index is 411. The van der Waals surface area contributed by atoms with Gasteiger partial charge in [-0.1, -0.05) is 0 Å². The van der Waals surface area contributed by atoms with Gasteiger partial charge in [0, 0.05) is 32.1 Å². The molecule has 0 spiro atoms. The minimum absolute atomic E-state index is 0.0996. The van der Waals surface area contributed by atoms with Crippen molar-refractivity contribution in [2.75, 3.05) is 20.2 Å². The number of carbonyl (C=O) groups is 1. The molecule has 0 aromatic carbocycles. The second-order valence-corrected chi connectivity index (χ2v) is 5.22. The fraction of sp³-hybridized carbons (Fsp3) is 0.714. The highest BCUT2D eigenvalue weighted by atomic mass is 16.5. The SMILES string of the molecule is Cc1ccnn1CC(=O)N(C)CC[C@@H]1CCCCO1. The van der Waals surface area contributed by atoms with Gasteiger partial charge in [0.25, 0.3) is 0 Å². The van der Waals surface area contributed by atoms with Crippen molar-refractivity contribution in [1.29, 1.82) is 0 Å². The van der Waals surface area contributed by atoms with Crippen molar-refractivity contribution < 1.29 is 9.53 Å². The summed E-state index contributed by atoms with van der Waals surface area (Å²) < 4.78 is 7.41. The number of ether oxygens (including phenoxy) is 1. The summed E-state index contributed by atoms with van der Waals surface area (Å²) in [4.78, 5) is 13.8. The van der Waals surface area contributed by atoms with Crippen LogP contribution in [0.2, 0.25) is 0 Å². The molecule has 1 aromatic rings. The third-order valence-corrected chi connectivity index (χ3v) is 3.70. The zero-order valence-electron chi connectivity index (χ0n) is 11.8. The fourth-order valence-corrected chi connectivity index (χ4v) is 2.31. The summed E-state index contributed by atoms with van der Waals surface area (Å²) in [6.45, 7) is 3.90. The number of nitrogens with zero attached hydrogens (tertiary/aromatic N) is 3. The van der Waals surface area contributed by atoms with E-state index in [4.69, 9.17) is 4.74 Å². The van der Waals surface area contributed by atoms with Gasteiger partial charge in [0.05, 0.1) is 6.10 Å². The Morgan fingerprint density at radius 1 is 1.58 bits per heavy atom. The van der Waals surface area contributed by atoms with Gasteiger partial charge in [-0.15, -0.1) is 0 Å². The Morgan fingerprint density at radius 2 is 2.42 bits per heavy atom. The molecule has 2 heterocycles. The van der Waals surface area contributed by atoms with E-state index in [9.17, 15) is 4.79 Å². The predicted octanol–water partition coefficient (Wildman–Crippen LogP) is 1.61. The third kappa shape index (κ3) is 4.06. The van der Waals surface area contributed by atoms with E-state index in [1.165, 1.54) is 12.8 Å². The van der Waals surface area contributed by atoms with Gasteiger partial charge in [-0.05, 0) is 38.7 Å². The first kappa shape index (κ1) is 14.1. The second-order valence-electron chi connectivity index (χ2n) is 5.22. The van der Waals surface area contributed by atoms with Crippen LogP contribution < -0.4 is 0 Å². The molecule has 1 saturated heterocycles. The van der Waals surface area contributed by atoms with Gasteiger partial charge in [0.15, 0.2) is 0 Å².